The highest BCUT2D eigenvalue weighted by molar-refractivity contribution is 7.94. The molecule has 0 heterocycles. The van der Waals surface area contributed by atoms with Crippen LogP contribution in [0.2, 0.25) is 0 Å². The van der Waals surface area contributed by atoms with E-state index in [9.17, 15) is 79.1 Å². The number of azo groups is 4. The Morgan fingerprint density at radius 3 is 1.20 bits per heavy atom. The SMILES string of the molecule is O=C(O)c1cc(Cc2ccc(/N=N\c3cc(/N=N\c4ccc(S(=O)(=O)O)cc4S(=O)(=O)O)c(O)cc3O)c(C(=O)O)c2)ccc1/N=N\c1cc(/N=N\c2ccc(SOOO)cc2S(=O)(=O)O)c(O)cc1O. The van der Waals surface area contributed by atoms with E-state index in [0.29, 0.717) is 29.2 Å². The molecule has 0 atom stereocenters. The minimum atomic E-state index is -5.14. The van der Waals surface area contributed by atoms with Crippen LogP contribution in [0.4, 0.5) is 45.5 Å². The molecular weight excluding hydrogens is 1030 g/mol. The molecule has 0 saturated heterocycles. The molecule has 6 aromatic rings. The van der Waals surface area contributed by atoms with Gasteiger partial charge in [-0.05, 0) is 78.2 Å². The molecule has 0 saturated carbocycles. The highest BCUT2D eigenvalue weighted by atomic mass is 32.2. The van der Waals surface area contributed by atoms with Gasteiger partial charge in [0, 0.05) is 29.2 Å². The van der Waals surface area contributed by atoms with Crippen molar-refractivity contribution >= 4 is 99.8 Å². The molecule has 6 aromatic carbocycles. The van der Waals surface area contributed by atoms with Gasteiger partial charge >= 0.3 is 11.9 Å². The van der Waals surface area contributed by atoms with Gasteiger partial charge in [0.15, 0.2) is 0 Å². The molecule has 0 spiro atoms. The average molecular weight is 1060 g/mol. The summed E-state index contributed by atoms with van der Waals surface area (Å²) in [6.07, 6.45) is -0.0564. The Kier molecular flexibility index (Phi) is 15.6. The molecule has 6 rings (SSSR count). The van der Waals surface area contributed by atoms with Crippen LogP contribution in [-0.4, -0.2) is 86.7 Å². The third-order valence-corrected chi connectivity index (χ3v) is 12.3. The molecule has 0 aliphatic rings. The fourth-order valence-electron chi connectivity index (χ4n) is 5.83. The van der Waals surface area contributed by atoms with Gasteiger partial charge in [-0.25, -0.2) is 14.8 Å². The predicted molar refractivity (Wildman–Crippen MR) is 239 cm³/mol. The summed E-state index contributed by atoms with van der Waals surface area (Å²) in [5, 5.41) is 104. The Balaban J connectivity index is 1.22. The van der Waals surface area contributed by atoms with Gasteiger partial charge in [-0.1, -0.05) is 17.2 Å². The lowest BCUT2D eigenvalue weighted by Gasteiger charge is -2.08. The first-order valence-electron chi connectivity index (χ1n) is 18.7. The second-order valence-electron chi connectivity index (χ2n) is 13.9. The van der Waals surface area contributed by atoms with Crippen LogP contribution in [0, 0.1) is 0 Å². The number of hydrogen-bond donors (Lipinski definition) is 10. The van der Waals surface area contributed by atoms with Crippen molar-refractivity contribution in [1.82, 2.24) is 0 Å². The van der Waals surface area contributed by atoms with Crippen LogP contribution in [0.5, 0.6) is 23.0 Å². The Morgan fingerprint density at radius 1 is 0.451 bits per heavy atom. The molecule has 28 nitrogen and oxygen atoms in total. The molecule has 0 radical (unpaired) electrons. The molecule has 71 heavy (non-hydrogen) atoms. The number of aromatic carboxylic acids is 2. The lowest BCUT2D eigenvalue weighted by molar-refractivity contribution is -0.432. The summed E-state index contributed by atoms with van der Waals surface area (Å²) >= 11 is 0.379. The zero-order valence-corrected chi connectivity index (χ0v) is 38.0. The maximum atomic E-state index is 12.3. The summed E-state index contributed by atoms with van der Waals surface area (Å²) in [6, 6.07) is 16.3. The maximum Gasteiger partial charge on any atom is 0.337 e. The Bertz CT molecular complexity index is 3610. The molecular formula is C39H28N8O20S4. The average Bonchev–Trinajstić information content (AvgIpc) is 3.29. The van der Waals surface area contributed by atoms with Crippen LogP contribution in [-0.2, 0) is 46.1 Å². The molecule has 0 aromatic heterocycles. The number of carboxylic acids is 2. The second kappa shape index (κ2) is 21.2. The quantitative estimate of drug-likeness (QED) is 0.0126. The van der Waals surface area contributed by atoms with Gasteiger partial charge < -0.3 is 30.6 Å². The van der Waals surface area contributed by atoms with Gasteiger partial charge in [-0.2, -0.15) is 25.3 Å². The largest absolute Gasteiger partial charge is 0.505 e. The lowest BCUT2D eigenvalue weighted by atomic mass is 9.99. The van der Waals surface area contributed by atoms with E-state index in [0.717, 1.165) is 48.5 Å². The summed E-state index contributed by atoms with van der Waals surface area (Å²) in [5.41, 5.74) is -3.36. The number of carboxylic acid groups (broad SMARTS) is 2. The standard InChI is InChI=1S/C39H28N8O20S4/c48-32-16-34(50)30(46-42-26-7-3-20(68-67-66-56)12-36(26)70(60,61)62)14-28(32)44-40-24-5-1-18(10-22(24)38(52)53)9-19-2-6-25(23(11-19)39(54)55)41-45-29-15-31(35(51)17-33(29)49)47-43-27-8-4-21(69(57,58)59)13-37(27)71(63,64)65/h1-8,10-17,48-51,56H,9H2,(H,52,53)(H,54,55)(H,57,58,59)(H,60,61,62)(H,63,64,65)/b44-40-,45-41-,46-42-,47-43-. The molecule has 0 aliphatic carbocycles. The van der Waals surface area contributed by atoms with E-state index in [4.69, 9.17) is 5.26 Å². The van der Waals surface area contributed by atoms with Crippen molar-refractivity contribution in [2.45, 2.75) is 26.0 Å². The monoisotopic (exact) mass is 1060 g/mol. The van der Waals surface area contributed by atoms with Crippen molar-refractivity contribution in [2.24, 2.45) is 40.9 Å². The third-order valence-electron chi connectivity index (χ3n) is 9.07. The Labute approximate surface area is 401 Å². The van der Waals surface area contributed by atoms with E-state index in [-0.39, 0.29) is 28.4 Å². The van der Waals surface area contributed by atoms with E-state index >= 15 is 0 Å². The van der Waals surface area contributed by atoms with Gasteiger partial charge in [-0.3, -0.25) is 13.7 Å². The molecule has 0 fully saturated rings. The Morgan fingerprint density at radius 2 is 0.817 bits per heavy atom. The van der Waals surface area contributed by atoms with Gasteiger partial charge in [-0.15, -0.1) is 45.2 Å². The second-order valence-corrected chi connectivity index (χ2v) is 18.8. The van der Waals surface area contributed by atoms with Crippen molar-refractivity contribution in [2.75, 3.05) is 0 Å². The number of nitrogens with zero attached hydrogens (tertiary/aromatic N) is 8. The van der Waals surface area contributed by atoms with Crippen LogP contribution in [0.1, 0.15) is 31.8 Å². The number of aromatic hydroxyl groups is 4. The fraction of sp³-hybridized carbons (Fsp3) is 0.0256. The van der Waals surface area contributed by atoms with Crippen molar-refractivity contribution in [1.29, 1.82) is 0 Å². The van der Waals surface area contributed by atoms with Crippen molar-refractivity contribution in [3.05, 3.63) is 119 Å². The normalized spacial score (nSPS) is 12.5. The minimum absolute atomic E-state index is 0.0381. The van der Waals surface area contributed by atoms with Crippen LogP contribution in [0.25, 0.3) is 0 Å². The zero-order valence-electron chi connectivity index (χ0n) is 34.7. The first-order valence-corrected chi connectivity index (χ1v) is 23.7. The summed E-state index contributed by atoms with van der Waals surface area (Å²) in [7, 11) is -14.9. The molecule has 368 valence electrons. The van der Waals surface area contributed by atoms with Crippen LogP contribution >= 0.6 is 12.0 Å². The van der Waals surface area contributed by atoms with Crippen LogP contribution in [0.3, 0.4) is 0 Å². The topological polar surface area (TPSA) is 456 Å². The van der Waals surface area contributed by atoms with Crippen molar-refractivity contribution in [3.63, 3.8) is 0 Å². The Hall–Kier alpha value is -8.18. The fourth-order valence-corrected chi connectivity index (χ4v) is 8.19. The van der Waals surface area contributed by atoms with E-state index in [1.54, 1.807) is 0 Å². The number of phenols is 4. The summed E-state index contributed by atoms with van der Waals surface area (Å²) in [5.74, 6) is -5.71. The van der Waals surface area contributed by atoms with Crippen molar-refractivity contribution in [3.8, 4) is 23.0 Å². The van der Waals surface area contributed by atoms with Crippen LogP contribution < -0.4 is 0 Å². The van der Waals surface area contributed by atoms with Gasteiger partial charge in [0.05, 0.1) is 28.1 Å². The van der Waals surface area contributed by atoms with E-state index < -0.39 is 120 Å². The number of benzene rings is 6. The van der Waals surface area contributed by atoms with Crippen LogP contribution in [0.15, 0.2) is 158 Å². The molecule has 0 unspecified atom stereocenters. The summed E-state index contributed by atoms with van der Waals surface area (Å²) < 4.78 is 103. The number of carbonyl (C=O) groups is 2. The molecule has 10 N–H and O–H groups in total. The summed E-state index contributed by atoms with van der Waals surface area (Å²) in [6.45, 7) is 0. The first kappa shape index (κ1) is 52.2. The number of rotatable bonds is 18. The number of phenolic OH excluding ortho intramolecular Hbond substituents is 4. The molecule has 0 bridgehead atoms. The minimum Gasteiger partial charge on any atom is -0.505 e. The third kappa shape index (κ3) is 13.1. The molecule has 0 aliphatic heterocycles. The van der Waals surface area contributed by atoms with E-state index in [1.165, 1.54) is 42.5 Å². The van der Waals surface area contributed by atoms with Crippen molar-refractivity contribution < 1.29 is 93.8 Å². The lowest BCUT2D eigenvalue weighted by Crippen LogP contribution is -2.03. The van der Waals surface area contributed by atoms with Gasteiger partial charge in [0.1, 0.15) is 78.3 Å². The van der Waals surface area contributed by atoms with E-state index in [1.807, 2.05) is 0 Å². The zero-order chi connectivity index (χ0) is 52.0. The highest BCUT2D eigenvalue weighted by Crippen LogP contribution is 2.43. The maximum absolute atomic E-state index is 12.3. The summed E-state index contributed by atoms with van der Waals surface area (Å²) in [4.78, 5) is 21.9. The van der Waals surface area contributed by atoms with E-state index in [2.05, 4.69) is 50.3 Å². The van der Waals surface area contributed by atoms with Gasteiger partial charge in [0.2, 0.25) is 0 Å². The smallest absolute Gasteiger partial charge is 0.337 e. The van der Waals surface area contributed by atoms with Gasteiger partial charge in [0.25, 0.3) is 30.4 Å². The predicted octanol–water partition coefficient (Wildman–Crippen LogP) is 9.33. The molecule has 32 heteroatoms. The highest BCUT2D eigenvalue weighted by Gasteiger charge is 2.22. The molecule has 0 amide bonds. The number of hydrogen-bond acceptors (Lipinski definition) is 24. The first-order chi connectivity index (χ1) is 33.3.